The van der Waals surface area contributed by atoms with Crippen LogP contribution in [-0.2, 0) is 6.54 Å². The van der Waals surface area contributed by atoms with Crippen LogP contribution >= 0.6 is 0 Å². The van der Waals surface area contributed by atoms with Gasteiger partial charge >= 0.3 is 0 Å². The molecule has 0 spiro atoms. The monoisotopic (exact) mass is 228 g/mol. The minimum atomic E-state index is 0.686. The quantitative estimate of drug-likeness (QED) is 0.722. The zero-order valence-electron chi connectivity index (χ0n) is 9.40. The Morgan fingerprint density at radius 2 is 2.35 bits per heavy atom. The Hall–Kier alpha value is -2.30. The van der Waals surface area contributed by atoms with Gasteiger partial charge in [0, 0.05) is 18.8 Å². The lowest BCUT2D eigenvalue weighted by molar-refractivity contribution is 0.561. The van der Waals surface area contributed by atoms with Crippen molar-refractivity contribution in [3.63, 3.8) is 0 Å². The normalized spacial score (nSPS) is 10.9. The van der Waals surface area contributed by atoms with Crippen LogP contribution in [0.4, 0.5) is 5.69 Å². The van der Waals surface area contributed by atoms with Crippen LogP contribution in [0.1, 0.15) is 11.6 Å². The van der Waals surface area contributed by atoms with Crippen molar-refractivity contribution in [2.24, 2.45) is 0 Å². The van der Waals surface area contributed by atoms with E-state index in [1.54, 1.807) is 12.5 Å². The van der Waals surface area contributed by atoms with Crippen LogP contribution in [0.25, 0.3) is 11.1 Å². The molecular formula is C12H12N4O. The average molecular weight is 228 g/mol. The van der Waals surface area contributed by atoms with E-state index < -0.39 is 0 Å². The molecule has 5 nitrogen and oxygen atoms in total. The van der Waals surface area contributed by atoms with E-state index in [-0.39, 0.29) is 0 Å². The third kappa shape index (κ3) is 1.99. The number of aryl methyl sites for hydroxylation is 1. The molecule has 0 atom stereocenters. The highest BCUT2D eigenvalue weighted by Gasteiger charge is 2.03. The van der Waals surface area contributed by atoms with E-state index in [1.807, 2.05) is 25.1 Å². The van der Waals surface area contributed by atoms with Gasteiger partial charge in [0.1, 0.15) is 5.52 Å². The van der Waals surface area contributed by atoms with Gasteiger partial charge in [0.2, 0.25) is 0 Å². The molecule has 0 saturated heterocycles. The lowest BCUT2D eigenvalue weighted by Crippen LogP contribution is -1.99. The van der Waals surface area contributed by atoms with Crippen molar-refractivity contribution in [1.29, 1.82) is 0 Å². The fourth-order valence-corrected chi connectivity index (χ4v) is 1.73. The lowest BCUT2D eigenvalue weighted by Gasteiger charge is -2.03. The SMILES string of the molecule is Cc1nc2cc(NCc3cnc[nH]3)ccc2o1. The number of imidazole rings is 1. The Morgan fingerprint density at radius 1 is 1.41 bits per heavy atom. The number of nitrogens with one attached hydrogen (secondary N) is 2. The molecule has 0 amide bonds. The molecule has 0 aliphatic heterocycles. The summed E-state index contributed by atoms with van der Waals surface area (Å²) in [6.07, 6.45) is 3.47. The average Bonchev–Trinajstić information content (AvgIpc) is 2.92. The number of H-pyrrole nitrogens is 1. The Morgan fingerprint density at radius 3 is 3.18 bits per heavy atom. The number of benzene rings is 1. The van der Waals surface area contributed by atoms with Gasteiger partial charge < -0.3 is 14.7 Å². The molecule has 17 heavy (non-hydrogen) atoms. The molecule has 2 aromatic heterocycles. The molecule has 2 N–H and O–H groups in total. The molecule has 0 saturated carbocycles. The summed E-state index contributed by atoms with van der Waals surface area (Å²) in [5, 5.41) is 3.30. The fraction of sp³-hybridized carbons (Fsp3) is 0.167. The van der Waals surface area contributed by atoms with E-state index >= 15 is 0 Å². The van der Waals surface area contributed by atoms with Crippen LogP contribution in [0.15, 0.2) is 35.1 Å². The summed E-state index contributed by atoms with van der Waals surface area (Å²) in [5.74, 6) is 0.686. The van der Waals surface area contributed by atoms with E-state index in [1.165, 1.54) is 0 Å². The largest absolute Gasteiger partial charge is 0.441 e. The van der Waals surface area contributed by atoms with Gasteiger partial charge in [-0.3, -0.25) is 0 Å². The number of hydrogen-bond donors (Lipinski definition) is 2. The second-order valence-electron chi connectivity index (χ2n) is 3.85. The molecule has 0 aliphatic rings. The third-order valence-electron chi connectivity index (χ3n) is 2.53. The van der Waals surface area contributed by atoms with Gasteiger partial charge in [0.15, 0.2) is 11.5 Å². The highest BCUT2D eigenvalue weighted by molar-refractivity contribution is 5.77. The molecule has 3 aromatic rings. The number of nitrogens with zero attached hydrogens (tertiary/aromatic N) is 2. The van der Waals surface area contributed by atoms with Crippen molar-refractivity contribution in [3.05, 3.63) is 42.3 Å². The first-order chi connectivity index (χ1) is 8.31. The van der Waals surface area contributed by atoms with Crippen LogP contribution in [0.3, 0.4) is 0 Å². The van der Waals surface area contributed by atoms with E-state index in [2.05, 4.69) is 20.3 Å². The van der Waals surface area contributed by atoms with Gasteiger partial charge in [-0.15, -0.1) is 0 Å². The van der Waals surface area contributed by atoms with Crippen LogP contribution in [-0.4, -0.2) is 15.0 Å². The second kappa shape index (κ2) is 3.93. The molecule has 2 heterocycles. The van der Waals surface area contributed by atoms with E-state index in [0.717, 1.165) is 22.5 Å². The van der Waals surface area contributed by atoms with Gasteiger partial charge in [-0.1, -0.05) is 0 Å². The van der Waals surface area contributed by atoms with Crippen molar-refractivity contribution >= 4 is 16.8 Å². The molecule has 3 rings (SSSR count). The molecule has 0 radical (unpaired) electrons. The molecular weight excluding hydrogens is 216 g/mol. The third-order valence-corrected chi connectivity index (χ3v) is 2.53. The molecule has 0 bridgehead atoms. The predicted molar refractivity (Wildman–Crippen MR) is 64.7 cm³/mol. The highest BCUT2D eigenvalue weighted by atomic mass is 16.3. The number of oxazole rings is 1. The van der Waals surface area contributed by atoms with Gasteiger partial charge in [-0.05, 0) is 18.2 Å². The summed E-state index contributed by atoms with van der Waals surface area (Å²) < 4.78 is 5.42. The number of anilines is 1. The van der Waals surface area contributed by atoms with E-state index in [4.69, 9.17) is 4.42 Å². The number of aromatic nitrogens is 3. The highest BCUT2D eigenvalue weighted by Crippen LogP contribution is 2.19. The van der Waals surface area contributed by atoms with Gasteiger partial charge in [-0.25, -0.2) is 9.97 Å². The van der Waals surface area contributed by atoms with Crippen LogP contribution in [0.5, 0.6) is 0 Å². The smallest absolute Gasteiger partial charge is 0.192 e. The Kier molecular flexibility index (Phi) is 2.29. The number of hydrogen-bond acceptors (Lipinski definition) is 4. The maximum atomic E-state index is 5.42. The van der Waals surface area contributed by atoms with Gasteiger partial charge in [0.25, 0.3) is 0 Å². The molecule has 0 aliphatic carbocycles. The maximum absolute atomic E-state index is 5.42. The number of fused-ring (bicyclic) bond motifs is 1. The molecule has 0 unspecified atom stereocenters. The molecule has 1 aromatic carbocycles. The van der Waals surface area contributed by atoms with Crippen molar-refractivity contribution in [2.45, 2.75) is 13.5 Å². The van der Waals surface area contributed by atoms with Crippen LogP contribution < -0.4 is 5.32 Å². The Bertz CT molecular complexity index is 627. The standard InChI is InChI=1S/C12H12N4O/c1-8-16-11-4-9(2-3-12(11)17-8)14-6-10-5-13-7-15-10/h2-5,7,14H,6H2,1H3,(H,13,15). The first-order valence-corrected chi connectivity index (χ1v) is 5.39. The molecule has 86 valence electrons. The maximum Gasteiger partial charge on any atom is 0.192 e. The number of aromatic amines is 1. The van der Waals surface area contributed by atoms with Gasteiger partial charge in [-0.2, -0.15) is 0 Å². The van der Waals surface area contributed by atoms with Crippen LogP contribution in [0.2, 0.25) is 0 Å². The summed E-state index contributed by atoms with van der Waals surface area (Å²) in [6, 6.07) is 5.87. The molecule has 5 heteroatoms. The minimum Gasteiger partial charge on any atom is -0.441 e. The van der Waals surface area contributed by atoms with Crippen LogP contribution in [0, 0.1) is 6.92 Å². The Balaban J connectivity index is 1.81. The van der Waals surface area contributed by atoms with E-state index in [0.29, 0.717) is 12.4 Å². The first kappa shape index (κ1) is 9.89. The zero-order chi connectivity index (χ0) is 11.7. The predicted octanol–water partition coefficient (Wildman–Crippen LogP) is 2.47. The zero-order valence-corrected chi connectivity index (χ0v) is 9.40. The van der Waals surface area contributed by atoms with Gasteiger partial charge in [0.05, 0.1) is 18.6 Å². The topological polar surface area (TPSA) is 66.7 Å². The second-order valence-corrected chi connectivity index (χ2v) is 3.85. The molecule has 0 fully saturated rings. The summed E-state index contributed by atoms with van der Waals surface area (Å²) in [5.41, 5.74) is 3.74. The van der Waals surface area contributed by atoms with Crippen molar-refractivity contribution in [1.82, 2.24) is 15.0 Å². The Labute approximate surface area is 97.9 Å². The summed E-state index contributed by atoms with van der Waals surface area (Å²) >= 11 is 0. The first-order valence-electron chi connectivity index (χ1n) is 5.39. The number of rotatable bonds is 3. The lowest BCUT2D eigenvalue weighted by atomic mass is 10.3. The summed E-state index contributed by atoms with van der Waals surface area (Å²) in [6.45, 7) is 2.56. The minimum absolute atomic E-state index is 0.686. The summed E-state index contributed by atoms with van der Waals surface area (Å²) in [7, 11) is 0. The van der Waals surface area contributed by atoms with Crippen molar-refractivity contribution in [2.75, 3.05) is 5.32 Å². The van der Waals surface area contributed by atoms with Crippen molar-refractivity contribution in [3.8, 4) is 0 Å². The van der Waals surface area contributed by atoms with E-state index in [9.17, 15) is 0 Å². The fourth-order valence-electron chi connectivity index (χ4n) is 1.73. The van der Waals surface area contributed by atoms with Crippen molar-refractivity contribution < 1.29 is 4.42 Å². The summed E-state index contributed by atoms with van der Waals surface area (Å²) in [4.78, 5) is 11.3.